The number of aromatic nitrogens is 3. The van der Waals surface area contributed by atoms with Gasteiger partial charge in [0.1, 0.15) is 5.82 Å². The summed E-state index contributed by atoms with van der Waals surface area (Å²) in [5.41, 5.74) is 0.0514. The Hall–Kier alpha value is -0.900. The standard InChI is InChI=1S/C15H27N3O/c1-15(2,3)14-16-13(10-11-19-4)17-18(14)12-8-6-5-7-9-12/h12H,5-11H2,1-4H3. The Labute approximate surface area is 116 Å². The first kappa shape index (κ1) is 14.5. The molecule has 0 radical (unpaired) electrons. The summed E-state index contributed by atoms with van der Waals surface area (Å²) in [4.78, 5) is 4.77. The van der Waals surface area contributed by atoms with Crippen molar-refractivity contribution >= 4 is 0 Å². The first-order chi connectivity index (χ1) is 9.02. The third kappa shape index (κ3) is 3.56. The van der Waals surface area contributed by atoms with Gasteiger partial charge in [0.25, 0.3) is 0 Å². The van der Waals surface area contributed by atoms with Gasteiger partial charge in [-0.25, -0.2) is 9.67 Å². The van der Waals surface area contributed by atoms with E-state index in [1.165, 1.54) is 32.1 Å². The Morgan fingerprint density at radius 2 is 1.89 bits per heavy atom. The van der Waals surface area contributed by atoms with Crippen molar-refractivity contribution < 1.29 is 4.74 Å². The molecule has 1 aromatic heterocycles. The summed E-state index contributed by atoms with van der Waals surface area (Å²) >= 11 is 0. The highest BCUT2D eigenvalue weighted by Crippen LogP contribution is 2.31. The van der Waals surface area contributed by atoms with Crippen LogP contribution in [0, 0.1) is 0 Å². The second-order valence-corrected chi connectivity index (χ2v) is 6.58. The molecule has 0 aromatic carbocycles. The van der Waals surface area contributed by atoms with Crippen LogP contribution in [-0.4, -0.2) is 28.5 Å². The zero-order chi connectivity index (χ0) is 13.9. The van der Waals surface area contributed by atoms with Gasteiger partial charge in [-0.3, -0.25) is 0 Å². The fourth-order valence-corrected chi connectivity index (χ4v) is 2.76. The van der Waals surface area contributed by atoms with E-state index in [0.717, 1.165) is 18.1 Å². The molecule has 0 atom stereocenters. The molecule has 1 heterocycles. The summed E-state index contributed by atoms with van der Waals surface area (Å²) in [7, 11) is 1.72. The van der Waals surface area contributed by atoms with E-state index < -0.39 is 0 Å². The van der Waals surface area contributed by atoms with Crippen LogP contribution in [0.15, 0.2) is 0 Å². The summed E-state index contributed by atoms with van der Waals surface area (Å²) in [5, 5.41) is 4.76. The number of rotatable bonds is 4. The van der Waals surface area contributed by atoms with Gasteiger partial charge in [-0.15, -0.1) is 0 Å². The smallest absolute Gasteiger partial charge is 0.153 e. The molecule has 0 amide bonds. The van der Waals surface area contributed by atoms with Crippen molar-refractivity contribution in [1.29, 1.82) is 0 Å². The summed E-state index contributed by atoms with van der Waals surface area (Å²) in [6.45, 7) is 7.35. The lowest BCUT2D eigenvalue weighted by Crippen LogP contribution is -2.24. The zero-order valence-corrected chi connectivity index (χ0v) is 12.8. The molecule has 2 rings (SSSR count). The Kier molecular flexibility index (Phi) is 4.61. The number of hydrogen-bond donors (Lipinski definition) is 0. The molecule has 0 saturated heterocycles. The summed E-state index contributed by atoms with van der Waals surface area (Å²) in [6.07, 6.45) is 7.31. The molecule has 0 unspecified atom stereocenters. The van der Waals surface area contributed by atoms with Crippen molar-refractivity contribution in [1.82, 2.24) is 14.8 Å². The lowest BCUT2D eigenvalue weighted by atomic mass is 9.92. The molecule has 1 saturated carbocycles. The number of nitrogens with zero attached hydrogens (tertiary/aromatic N) is 3. The van der Waals surface area contributed by atoms with Crippen molar-refractivity contribution in [3.63, 3.8) is 0 Å². The topological polar surface area (TPSA) is 39.9 Å². The maximum absolute atomic E-state index is 5.14. The van der Waals surface area contributed by atoms with E-state index in [1.807, 2.05) is 0 Å². The minimum Gasteiger partial charge on any atom is -0.384 e. The normalized spacial score (nSPS) is 17.9. The minimum atomic E-state index is 0.0514. The lowest BCUT2D eigenvalue weighted by molar-refractivity contribution is 0.200. The third-order valence-corrected chi connectivity index (χ3v) is 3.80. The summed E-state index contributed by atoms with van der Waals surface area (Å²) in [5.74, 6) is 2.06. The van der Waals surface area contributed by atoms with Crippen molar-refractivity contribution in [2.75, 3.05) is 13.7 Å². The van der Waals surface area contributed by atoms with Crippen LogP contribution in [0.2, 0.25) is 0 Å². The number of methoxy groups -OCH3 is 1. The van der Waals surface area contributed by atoms with Crippen LogP contribution in [-0.2, 0) is 16.6 Å². The summed E-state index contributed by atoms with van der Waals surface area (Å²) in [6, 6.07) is 0.548. The van der Waals surface area contributed by atoms with Crippen LogP contribution in [0.3, 0.4) is 0 Å². The van der Waals surface area contributed by atoms with E-state index in [9.17, 15) is 0 Å². The van der Waals surface area contributed by atoms with Gasteiger partial charge < -0.3 is 4.74 Å². The van der Waals surface area contributed by atoms with Crippen LogP contribution in [0.5, 0.6) is 0 Å². The van der Waals surface area contributed by atoms with E-state index in [4.69, 9.17) is 14.8 Å². The van der Waals surface area contributed by atoms with Gasteiger partial charge in [0.05, 0.1) is 12.6 Å². The molecule has 108 valence electrons. The highest BCUT2D eigenvalue weighted by Gasteiger charge is 2.27. The largest absolute Gasteiger partial charge is 0.384 e. The molecule has 4 heteroatoms. The number of hydrogen-bond acceptors (Lipinski definition) is 3. The molecule has 1 aliphatic carbocycles. The van der Waals surface area contributed by atoms with Crippen LogP contribution in [0.1, 0.15) is 70.6 Å². The molecule has 4 nitrogen and oxygen atoms in total. The Balaban J connectivity index is 2.25. The van der Waals surface area contributed by atoms with E-state index in [-0.39, 0.29) is 5.41 Å². The first-order valence-electron chi connectivity index (χ1n) is 7.47. The second-order valence-electron chi connectivity index (χ2n) is 6.58. The average molecular weight is 265 g/mol. The molecule has 1 aromatic rings. The molecular weight excluding hydrogens is 238 g/mol. The molecule has 0 N–H and O–H groups in total. The maximum Gasteiger partial charge on any atom is 0.153 e. The summed E-state index contributed by atoms with van der Waals surface area (Å²) < 4.78 is 7.35. The van der Waals surface area contributed by atoms with E-state index in [1.54, 1.807) is 7.11 Å². The quantitative estimate of drug-likeness (QED) is 0.839. The molecule has 0 bridgehead atoms. The highest BCUT2D eigenvalue weighted by atomic mass is 16.5. The molecule has 1 aliphatic rings. The van der Waals surface area contributed by atoms with Crippen molar-refractivity contribution in [2.24, 2.45) is 0 Å². The monoisotopic (exact) mass is 265 g/mol. The van der Waals surface area contributed by atoms with Crippen molar-refractivity contribution in [2.45, 2.75) is 70.8 Å². The maximum atomic E-state index is 5.14. The molecule has 19 heavy (non-hydrogen) atoms. The molecular formula is C15H27N3O. The van der Waals surface area contributed by atoms with Crippen molar-refractivity contribution in [3.05, 3.63) is 11.6 Å². The van der Waals surface area contributed by atoms with Gasteiger partial charge in [-0.1, -0.05) is 40.0 Å². The van der Waals surface area contributed by atoms with E-state index >= 15 is 0 Å². The van der Waals surface area contributed by atoms with Gasteiger partial charge in [-0.2, -0.15) is 5.10 Å². The molecule has 1 fully saturated rings. The third-order valence-electron chi connectivity index (χ3n) is 3.80. The van der Waals surface area contributed by atoms with Crippen LogP contribution >= 0.6 is 0 Å². The minimum absolute atomic E-state index is 0.0514. The van der Waals surface area contributed by atoms with E-state index in [0.29, 0.717) is 12.6 Å². The first-order valence-corrected chi connectivity index (χ1v) is 7.47. The highest BCUT2D eigenvalue weighted by molar-refractivity contribution is 5.06. The fourth-order valence-electron chi connectivity index (χ4n) is 2.76. The Bertz CT molecular complexity index is 400. The molecule has 0 aliphatic heterocycles. The van der Waals surface area contributed by atoms with Crippen LogP contribution in [0.25, 0.3) is 0 Å². The van der Waals surface area contributed by atoms with Gasteiger partial charge >= 0.3 is 0 Å². The number of ether oxygens (including phenoxy) is 1. The van der Waals surface area contributed by atoms with Gasteiger partial charge in [0.2, 0.25) is 0 Å². The van der Waals surface area contributed by atoms with Gasteiger partial charge in [0, 0.05) is 18.9 Å². The predicted molar refractivity (Wildman–Crippen MR) is 76.4 cm³/mol. The van der Waals surface area contributed by atoms with Crippen LogP contribution < -0.4 is 0 Å². The lowest BCUT2D eigenvalue weighted by Gasteiger charge is -2.27. The second kappa shape index (κ2) is 6.04. The van der Waals surface area contributed by atoms with Crippen molar-refractivity contribution in [3.8, 4) is 0 Å². The fraction of sp³-hybridized carbons (Fsp3) is 0.867. The van der Waals surface area contributed by atoms with E-state index in [2.05, 4.69) is 25.5 Å². The zero-order valence-electron chi connectivity index (χ0n) is 12.8. The Morgan fingerprint density at radius 3 is 2.47 bits per heavy atom. The SMILES string of the molecule is COCCc1nc(C(C)(C)C)n(C2CCCCC2)n1. The Morgan fingerprint density at radius 1 is 1.21 bits per heavy atom. The van der Waals surface area contributed by atoms with Gasteiger partial charge in [0.15, 0.2) is 5.82 Å². The molecule has 0 spiro atoms. The van der Waals surface area contributed by atoms with Crippen LogP contribution in [0.4, 0.5) is 0 Å². The van der Waals surface area contributed by atoms with Gasteiger partial charge in [-0.05, 0) is 12.8 Å². The average Bonchev–Trinajstić information content (AvgIpc) is 2.81. The predicted octanol–water partition coefficient (Wildman–Crippen LogP) is 3.27.